The minimum absolute atomic E-state index is 0.661. The summed E-state index contributed by atoms with van der Waals surface area (Å²) in [6.07, 6.45) is -4.82. The Morgan fingerprint density at radius 1 is 1.57 bits per heavy atom. The molecule has 0 bridgehead atoms. The molecular weight excluding hydrogens is 225 g/mol. The van der Waals surface area contributed by atoms with Gasteiger partial charge in [0.2, 0.25) is 0 Å². The van der Waals surface area contributed by atoms with E-state index in [0.29, 0.717) is 4.68 Å². The van der Waals surface area contributed by atoms with Crippen molar-refractivity contribution in [2.24, 2.45) is 7.05 Å². The Kier molecular flexibility index (Phi) is 2.45. The van der Waals surface area contributed by atoms with Gasteiger partial charge in [0.05, 0.1) is 0 Å². The highest BCUT2D eigenvalue weighted by Crippen LogP contribution is 2.36. The third kappa shape index (κ3) is 1.67. The van der Waals surface area contributed by atoms with Gasteiger partial charge in [0, 0.05) is 7.05 Å². The molecule has 1 aromatic rings. The molecule has 0 saturated carbocycles. The molecule has 1 heterocycles. The van der Waals surface area contributed by atoms with E-state index in [1.54, 1.807) is 0 Å². The SMILES string of the molecule is Cn1nc(C(=O)O)c(C(F)(F)F)c1Cl. The predicted octanol–water partition coefficient (Wildman–Crippen LogP) is 1.79. The first-order valence-corrected chi connectivity index (χ1v) is 3.66. The number of aromatic carboxylic acids is 1. The number of rotatable bonds is 1. The van der Waals surface area contributed by atoms with Gasteiger partial charge in [0.1, 0.15) is 10.7 Å². The molecule has 0 spiro atoms. The van der Waals surface area contributed by atoms with E-state index in [0.717, 1.165) is 7.05 Å². The minimum atomic E-state index is -4.82. The Bertz CT molecular complexity index is 385. The van der Waals surface area contributed by atoms with Gasteiger partial charge in [-0.25, -0.2) is 4.79 Å². The second kappa shape index (κ2) is 3.16. The van der Waals surface area contributed by atoms with Crippen LogP contribution < -0.4 is 0 Å². The number of aryl methyl sites for hydroxylation is 1. The van der Waals surface area contributed by atoms with E-state index in [4.69, 9.17) is 16.7 Å². The van der Waals surface area contributed by atoms with Crippen molar-refractivity contribution < 1.29 is 23.1 Å². The van der Waals surface area contributed by atoms with Crippen molar-refractivity contribution in [2.45, 2.75) is 6.18 Å². The zero-order chi connectivity index (χ0) is 11.1. The molecule has 0 aromatic carbocycles. The fraction of sp³-hybridized carbons (Fsp3) is 0.333. The van der Waals surface area contributed by atoms with E-state index in [-0.39, 0.29) is 0 Å². The molecule has 0 unspecified atom stereocenters. The number of carbonyl (C=O) groups is 1. The lowest BCUT2D eigenvalue weighted by molar-refractivity contribution is -0.138. The first-order chi connectivity index (χ1) is 6.25. The van der Waals surface area contributed by atoms with Gasteiger partial charge >= 0.3 is 12.1 Å². The second-order valence-electron chi connectivity index (χ2n) is 2.44. The highest BCUT2D eigenvalue weighted by Gasteiger charge is 2.41. The van der Waals surface area contributed by atoms with Gasteiger partial charge < -0.3 is 5.11 Å². The number of carboxylic acids is 1. The largest absolute Gasteiger partial charge is 0.476 e. The van der Waals surface area contributed by atoms with E-state index in [1.165, 1.54) is 0 Å². The molecule has 4 nitrogen and oxygen atoms in total. The van der Waals surface area contributed by atoms with E-state index < -0.39 is 28.6 Å². The molecule has 8 heteroatoms. The Morgan fingerprint density at radius 3 is 2.36 bits per heavy atom. The molecule has 0 radical (unpaired) electrons. The topological polar surface area (TPSA) is 55.1 Å². The van der Waals surface area contributed by atoms with Gasteiger partial charge in [-0.15, -0.1) is 0 Å². The molecule has 0 saturated heterocycles. The van der Waals surface area contributed by atoms with Crippen molar-refractivity contribution in [1.29, 1.82) is 0 Å². The summed E-state index contributed by atoms with van der Waals surface area (Å²) in [4.78, 5) is 10.4. The van der Waals surface area contributed by atoms with Crippen molar-refractivity contribution in [3.8, 4) is 0 Å². The zero-order valence-electron chi connectivity index (χ0n) is 6.76. The summed E-state index contributed by atoms with van der Waals surface area (Å²) in [7, 11) is 1.13. The summed E-state index contributed by atoms with van der Waals surface area (Å²) in [5.41, 5.74) is -2.51. The third-order valence-corrected chi connectivity index (χ3v) is 1.90. The van der Waals surface area contributed by atoms with E-state index in [9.17, 15) is 18.0 Å². The number of aromatic nitrogens is 2. The average Bonchev–Trinajstić information content (AvgIpc) is 2.27. The van der Waals surface area contributed by atoms with Gasteiger partial charge in [-0.3, -0.25) is 4.68 Å². The van der Waals surface area contributed by atoms with Crippen LogP contribution in [0.2, 0.25) is 5.15 Å². The van der Waals surface area contributed by atoms with Crippen molar-refractivity contribution in [2.75, 3.05) is 0 Å². The monoisotopic (exact) mass is 228 g/mol. The summed E-state index contributed by atoms with van der Waals surface area (Å²) in [5.74, 6) is -1.76. The summed E-state index contributed by atoms with van der Waals surface area (Å²) >= 11 is 5.26. The average molecular weight is 229 g/mol. The molecule has 14 heavy (non-hydrogen) atoms. The van der Waals surface area contributed by atoms with Crippen molar-refractivity contribution in [1.82, 2.24) is 9.78 Å². The molecule has 1 aromatic heterocycles. The molecule has 0 aliphatic heterocycles. The number of hydrogen-bond donors (Lipinski definition) is 1. The molecular formula is C6H4ClF3N2O2. The highest BCUT2D eigenvalue weighted by atomic mass is 35.5. The lowest BCUT2D eigenvalue weighted by Gasteiger charge is -2.04. The van der Waals surface area contributed by atoms with Crippen molar-refractivity contribution in [3.63, 3.8) is 0 Å². The molecule has 0 atom stereocenters. The summed E-state index contributed by atoms with van der Waals surface area (Å²) in [5, 5.41) is 10.8. The number of halogens is 4. The Balaban J connectivity index is 3.46. The number of hydrogen-bond acceptors (Lipinski definition) is 2. The van der Waals surface area contributed by atoms with Crippen LogP contribution in [0.15, 0.2) is 0 Å². The van der Waals surface area contributed by atoms with Gasteiger partial charge in [0.15, 0.2) is 5.69 Å². The van der Waals surface area contributed by atoms with Crippen LogP contribution in [0.3, 0.4) is 0 Å². The minimum Gasteiger partial charge on any atom is -0.476 e. The van der Waals surface area contributed by atoms with Crippen LogP contribution in [0.4, 0.5) is 13.2 Å². The van der Waals surface area contributed by atoms with Crippen LogP contribution in [0.25, 0.3) is 0 Å². The van der Waals surface area contributed by atoms with Crippen LogP contribution in [0, 0.1) is 0 Å². The van der Waals surface area contributed by atoms with Gasteiger partial charge in [-0.05, 0) is 0 Å². The fourth-order valence-corrected chi connectivity index (χ4v) is 1.14. The van der Waals surface area contributed by atoms with Gasteiger partial charge in [0.25, 0.3) is 0 Å². The maximum Gasteiger partial charge on any atom is 0.421 e. The summed E-state index contributed by atoms with van der Waals surface area (Å²) in [6.45, 7) is 0. The maximum absolute atomic E-state index is 12.3. The Morgan fingerprint density at radius 2 is 2.07 bits per heavy atom. The molecule has 78 valence electrons. The zero-order valence-corrected chi connectivity index (χ0v) is 7.52. The van der Waals surface area contributed by atoms with E-state index in [2.05, 4.69) is 5.10 Å². The Hall–Kier alpha value is -1.24. The second-order valence-corrected chi connectivity index (χ2v) is 2.80. The molecule has 0 amide bonds. The van der Waals surface area contributed by atoms with E-state index in [1.807, 2.05) is 0 Å². The number of carboxylic acid groups (broad SMARTS) is 1. The molecule has 0 aliphatic rings. The Labute approximate surface area is 80.9 Å². The lowest BCUT2D eigenvalue weighted by Crippen LogP contribution is -2.11. The van der Waals surface area contributed by atoms with Crippen LogP contribution in [-0.2, 0) is 13.2 Å². The molecule has 1 rings (SSSR count). The smallest absolute Gasteiger partial charge is 0.421 e. The fourth-order valence-electron chi connectivity index (χ4n) is 0.904. The van der Waals surface area contributed by atoms with Crippen LogP contribution in [0.5, 0.6) is 0 Å². The standard InChI is InChI=1S/C6H4ClF3N2O2/c1-12-4(7)2(6(8,9)10)3(11-12)5(13)14/h1H3,(H,13,14). The molecule has 1 N–H and O–H groups in total. The lowest BCUT2D eigenvalue weighted by atomic mass is 10.2. The number of alkyl halides is 3. The van der Waals surface area contributed by atoms with Crippen LogP contribution >= 0.6 is 11.6 Å². The molecule has 0 fully saturated rings. The predicted molar refractivity (Wildman–Crippen MR) is 40.2 cm³/mol. The maximum atomic E-state index is 12.3. The van der Waals surface area contributed by atoms with Crippen LogP contribution in [0.1, 0.15) is 16.1 Å². The molecule has 0 aliphatic carbocycles. The van der Waals surface area contributed by atoms with E-state index >= 15 is 0 Å². The van der Waals surface area contributed by atoms with Crippen molar-refractivity contribution in [3.05, 3.63) is 16.4 Å². The van der Waals surface area contributed by atoms with Gasteiger partial charge in [-0.2, -0.15) is 18.3 Å². The normalized spacial score (nSPS) is 11.8. The first kappa shape index (κ1) is 10.8. The first-order valence-electron chi connectivity index (χ1n) is 3.28. The quantitative estimate of drug-likeness (QED) is 0.797. The van der Waals surface area contributed by atoms with Crippen molar-refractivity contribution >= 4 is 17.6 Å². The third-order valence-electron chi connectivity index (χ3n) is 1.46. The summed E-state index contributed by atoms with van der Waals surface area (Å²) < 4.78 is 37.5. The van der Waals surface area contributed by atoms with Gasteiger partial charge in [-0.1, -0.05) is 11.6 Å². The highest BCUT2D eigenvalue weighted by molar-refractivity contribution is 6.30. The van der Waals surface area contributed by atoms with Crippen LogP contribution in [-0.4, -0.2) is 20.9 Å². The summed E-state index contributed by atoms with van der Waals surface area (Å²) in [6, 6.07) is 0. The number of nitrogens with zero attached hydrogens (tertiary/aromatic N) is 2.